The standard InChI is InChI=1S/C23H46O6/c1-6-10-14-25-18-19-20(26-15-11-7-2)21(27-16-12-8-3)22(23(24-5)29-19)28-17-13-9-4/h19-23H,6-18H2,1-5H3/t19-,20-,21+,22+,23+/m1/s1. The molecule has 0 bridgehead atoms. The van der Waals surface area contributed by atoms with Crippen LogP contribution in [0.25, 0.3) is 0 Å². The molecule has 0 unspecified atom stereocenters. The fraction of sp³-hybridized carbons (Fsp3) is 1.00. The lowest BCUT2D eigenvalue weighted by atomic mass is 9.98. The van der Waals surface area contributed by atoms with Gasteiger partial charge < -0.3 is 28.4 Å². The largest absolute Gasteiger partial charge is 0.379 e. The molecule has 29 heavy (non-hydrogen) atoms. The minimum Gasteiger partial charge on any atom is -0.379 e. The average molecular weight is 419 g/mol. The van der Waals surface area contributed by atoms with Gasteiger partial charge in [0.15, 0.2) is 6.29 Å². The molecule has 0 aliphatic carbocycles. The average Bonchev–Trinajstić information content (AvgIpc) is 2.73. The first-order chi connectivity index (χ1) is 14.2. The SMILES string of the molecule is CCCCOC[C@H]1O[C@H](OC)[C@@H](OCCCC)[C@@H](OCCCC)[C@@H]1OCCCC. The van der Waals surface area contributed by atoms with Crippen molar-refractivity contribution in [3.63, 3.8) is 0 Å². The Hall–Kier alpha value is -0.240. The summed E-state index contributed by atoms with van der Waals surface area (Å²) in [6.45, 7) is 11.9. The monoisotopic (exact) mass is 418 g/mol. The van der Waals surface area contributed by atoms with E-state index in [9.17, 15) is 0 Å². The van der Waals surface area contributed by atoms with E-state index in [4.69, 9.17) is 28.4 Å². The smallest absolute Gasteiger partial charge is 0.186 e. The van der Waals surface area contributed by atoms with E-state index in [1.807, 2.05) is 0 Å². The summed E-state index contributed by atoms with van der Waals surface area (Å²) in [7, 11) is 1.66. The van der Waals surface area contributed by atoms with E-state index < -0.39 is 6.29 Å². The van der Waals surface area contributed by atoms with Crippen molar-refractivity contribution < 1.29 is 28.4 Å². The van der Waals surface area contributed by atoms with Crippen molar-refractivity contribution in [2.45, 2.75) is 110 Å². The molecule has 1 aliphatic heterocycles. The third-order valence-electron chi connectivity index (χ3n) is 5.17. The molecular weight excluding hydrogens is 372 g/mol. The quantitative estimate of drug-likeness (QED) is 0.300. The van der Waals surface area contributed by atoms with Gasteiger partial charge in [-0.25, -0.2) is 0 Å². The van der Waals surface area contributed by atoms with E-state index >= 15 is 0 Å². The normalized spacial score (nSPS) is 27.4. The fourth-order valence-electron chi connectivity index (χ4n) is 3.31. The highest BCUT2D eigenvalue weighted by Gasteiger charge is 2.48. The Labute approximate surface area is 178 Å². The maximum absolute atomic E-state index is 6.33. The van der Waals surface area contributed by atoms with Gasteiger partial charge >= 0.3 is 0 Å². The molecule has 0 aromatic heterocycles. The van der Waals surface area contributed by atoms with Gasteiger partial charge in [-0.1, -0.05) is 53.4 Å². The zero-order chi connectivity index (χ0) is 21.3. The van der Waals surface area contributed by atoms with E-state index in [-0.39, 0.29) is 24.4 Å². The summed E-state index contributed by atoms with van der Waals surface area (Å²) in [5.41, 5.74) is 0. The molecule has 1 heterocycles. The highest BCUT2D eigenvalue weighted by Crippen LogP contribution is 2.29. The second-order valence-electron chi connectivity index (χ2n) is 7.77. The summed E-state index contributed by atoms with van der Waals surface area (Å²) in [5, 5.41) is 0. The van der Waals surface area contributed by atoms with Gasteiger partial charge in [0, 0.05) is 33.5 Å². The van der Waals surface area contributed by atoms with Gasteiger partial charge in [0.05, 0.1) is 6.61 Å². The summed E-state index contributed by atoms with van der Waals surface area (Å²) in [6, 6.07) is 0. The predicted molar refractivity (Wildman–Crippen MR) is 115 cm³/mol. The van der Waals surface area contributed by atoms with Gasteiger partial charge in [0.25, 0.3) is 0 Å². The first-order valence-electron chi connectivity index (χ1n) is 11.8. The second-order valence-corrected chi connectivity index (χ2v) is 7.77. The van der Waals surface area contributed by atoms with Gasteiger partial charge in [-0.05, 0) is 25.7 Å². The molecule has 0 saturated carbocycles. The van der Waals surface area contributed by atoms with E-state index in [0.717, 1.165) is 58.0 Å². The first-order valence-corrected chi connectivity index (χ1v) is 11.8. The van der Waals surface area contributed by atoms with Crippen LogP contribution in [0, 0.1) is 0 Å². The topological polar surface area (TPSA) is 55.4 Å². The predicted octanol–water partition coefficient (Wildman–Crippen LogP) is 4.73. The van der Waals surface area contributed by atoms with E-state index in [0.29, 0.717) is 26.4 Å². The number of hydrogen-bond acceptors (Lipinski definition) is 6. The Morgan fingerprint density at radius 3 is 1.62 bits per heavy atom. The molecule has 0 N–H and O–H groups in total. The summed E-state index contributed by atoms with van der Waals surface area (Å²) in [6.07, 6.45) is 6.96. The summed E-state index contributed by atoms with van der Waals surface area (Å²) in [4.78, 5) is 0. The Morgan fingerprint density at radius 1 is 0.621 bits per heavy atom. The van der Waals surface area contributed by atoms with Crippen LogP contribution in [-0.4, -0.2) is 70.9 Å². The van der Waals surface area contributed by atoms with Crippen molar-refractivity contribution in [3.05, 3.63) is 0 Å². The summed E-state index contributed by atoms with van der Waals surface area (Å²) in [5.74, 6) is 0. The highest BCUT2D eigenvalue weighted by molar-refractivity contribution is 4.93. The van der Waals surface area contributed by atoms with Crippen molar-refractivity contribution in [2.24, 2.45) is 0 Å². The molecule has 0 spiro atoms. The third kappa shape index (κ3) is 10.1. The van der Waals surface area contributed by atoms with Crippen LogP contribution in [0.5, 0.6) is 0 Å². The molecular formula is C23H46O6. The van der Waals surface area contributed by atoms with Crippen molar-refractivity contribution in [1.29, 1.82) is 0 Å². The summed E-state index contributed by atoms with van der Waals surface area (Å²) >= 11 is 0. The molecule has 1 fully saturated rings. The van der Waals surface area contributed by atoms with Crippen LogP contribution >= 0.6 is 0 Å². The highest BCUT2D eigenvalue weighted by atomic mass is 16.7. The van der Waals surface area contributed by atoms with Crippen LogP contribution in [0.1, 0.15) is 79.1 Å². The van der Waals surface area contributed by atoms with Gasteiger partial charge in [0.1, 0.15) is 24.4 Å². The lowest BCUT2D eigenvalue weighted by Crippen LogP contribution is -2.62. The van der Waals surface area contributed by atoms with E-state index in [1.165, 1.54) is 0 Å². The van der Waals surface area contributed by atoms with Gasteiger partial charge in [0.2, 0.25) is 0 Å². The Kier molecular flexibility index (Phi) is 16.1. The fourth-order valence-corrected chi connectivity index (χ4v) is 3.31. The van der Waals surface area contributed by atoms with E-state index in [1.54, 1.807) is 7.11 Å². The number of rotatable bonds is 18. The maximum atomic E-state index is 6.33. The molecule has 1 saturated heterocycles. The molecule has 0 amide bonds. The van der Waals surface area contributed by atoms with Crippen LogP contribution in [0.3, 0.4) is 0 Å². The minimum absolute atomic E-state index is 0.224. The number of ether oxygens (including phenoxy) is 6. The van der Waals surface area contributed by atoms with Crippen LogP contribution < -0.4 is 0 Å². The van der Waals surface area contributed by atoms with Gasteiger partial charge in [-0.15, -0.1) is 0 Å². The van der Waals surface area contributed by atoms with Gasteiger partial charge in [-0.2, -0.15) is 0 Å². The molecule has 1 rings (SSSR count). The molecule has 0 aromatic carbocycles. The third-order valence-corrected chi connectivity index (χ3v) is 5.17. The molecule has 0 aromatic rings. The number of methoxy groups -OCH3 is 1. The van der Waals surface area contributed by atoms with Crippen molar-refractivity contribution in [3.8, 4) is 0 Å². The first kappa shape index (κ1) is 26.8. The Balaban J connectivity index is 2.92. The molecule has 1 aliphatic rings. The zero-order valence-corrected chi connectivity index (χ0v) is 19.5. The minimum atomic E-state index is -0.482. The van der Waals surface area contributed by atoms with Crippen molar-refractivity contribution in [2.75, 3.05) is 40.1 Å². The van der Waals surface area contributed by atoms with Crippen molar-refractivity contribution >= 4 is 0 Å². The molecule has 0 radical (unpaired) electrons. The Morgan fingerprint density at radius 2 is 1.10 bits per heavy atom. The maximum Gasteiger partial charge on any atom is 0.186 e. The number of unbranched alkanes of at least 4 members (excludes halogenated alkanes) is 4. The Bertz CT molecular complexity index is 367. The van der Waals surface area contributed by atoms with Crippen LogP contribution in [0.15, 0.2) is 0 Å². The molecule has 174 valence electrons. The lowest BCUT2D eigenvalue weighted by Gasteiger charge is -2.45. The number of hydrogen-bond donors (Lipinski definition) is 0. The van der Waals surface area contributed by atoms with Crippen LogP contribution in [0.2, 0.25) is 0 Å². The second kappa shape index (κ2) is 17.4. The van der Waals surface area contributed by atoms with Gasteiger partial charge in [-0.3, -0.25) is 0 Å². The summed E-state index contributed by atoms with van der Waals surface area (Å²) < 4.78 is 36.7. The molecule has 5 atom stereocenters. The molecule has 6 heteroatoms. The van der Waals surface area contributed by atoms with Crippen LogP contribution in [-0.2, 0) is 28.4 Å². The van der Waals surface area contributed by atoms with Crippen molar-refractivity contribution in [1.82, 2.24) is 0 Å². The van der Waals surface area contributed by atoms with Crippen LogP contribution in [0.4, 0.5) is 0 Å². The lowest BCUT2D eigenvalue weighted by molar-refractivity contribution is -0.318. The zero-order valence-electron chi connectivity index (χ0n) is 19.5. The molecule has 6 nitrogen and oxygen atoms in total. The van der Waals surface area contributed by atoms with E-state index in [2.05, 4.69) is 27.7 Å².